The van der Waals surface area contributed by atoms with E-state index >= 15 is 0 Å². The summed E-state index contributed by atoms with van der Waals surface area (Å²) in [5.41, 5.74) is 2.86. The molecule has 1 amide bonds. The molecule has 34 heavy (non-hydrogen) atoms. The Bertz CT molecular complexity index is 1360. The fraction of sp³-hybridized carbons (Fsp3) is 0.0741. The smallest absolute Gasteiger partial charge is 0.259 e. The Morgan fingerprint density at radius 3 is 2.62 bits per heavy atom. The Morgan fingerprint density at radius 1 is 1.06 bits per heavy atom. The van der Waals surface area contributed by atoms with Crippen molar-refractivity contribution in [3.63, 3.8) is 0 Å². The summed E-state index contributed by atoms with van der Waals surface area (Å²) >= 11 is 0. The van der Waals surface area contributed by atoms with Crippen LogP contribution in [0, 0.1) is 24.1 Å². The number of amides is 1. The predicted molar refractivity (Wildman–Crippen MR) is 125 cm³/mol. The SMILES string of the molecule is Cc1cc(Oc2ncccc2C#N)ccc1NC(=O)c1ccccc1OCc1ccc(F)cc1. The molecular formula is C27H20FN3O3. The third-order valence-corrected chi connectivity index (χ3v) is 4.99. The number of halogens is 1. The van der Waals surface area contributed by atoms with Crippen molar-refractivity contribution in [1.82, 2.24) is 4.98 Å². The number of carbonyl (C=O) groups excluding carboxylic acids is 1. The van der Waals surface area contributed by atoms with Gasteiger partial charge >= 0.3 is 0 Å². The van der Waals surface area contributed by atoms with E-state index in [1.54, 1.807) is 72.9 Å². The number of nitrogens with zero attached hydrogens (tertiary/aromatic N) is 2. The first-order chi connectivity index (χ1) is 16.5. The highest BCUT2D eigenvalue weighted by atomic mass is 19.1. The van der Waals surface area contributed by atoms with Gasteiger partial charge in [0.1, 0.15) is 35.6 Å². The van der Waals surface area contributed by atoms with Crippen LogP contribution in [0.4, 0.5) is 10.1 Å². The van der Waals surface area contributed by atoms with Gasteiger partial charge in [-0.1, -0.05) is 24.3 Å². The number of hydrogen-bond donors (Lipinski definition) is 1. The summed E-state index contributed by atoms with van der Waals surface area (Å²) in [6.45, 7) is 2.04. The molecule has 6 nitrogen and oxygen atoms in total. The van der Waals surface area contributed by atoms with Crippen molar-refractivity contribution in [2.45, 2.75) is 13.5 Å². The lowest BCUT2D eigenvalue weighted by Gasteiger charge is -2.14. The van der Waals surface area contributed by atoms with E-state index in [-0.39, 0.29) is 24.2 Å². The Morgan fingerprint density at radius 2 is 1.85 bits per heavy atom. The first-order valence-electron chi connectivity index (χ1n) is 10.4. The van der Waals surface area contributed by atoms with Gasteiger partial charge < -0.3 is 14.8 Å². The van der Waals surface area contributed by atoms with Gasteiger partial charge in [-0.05, 0) is 72.6 Å². The second-order valence-corrected chi connectivity index (χ2v) is 7.41. The Kier molecular flexibility index (Phi) is 6.80. The van der Waals surface area contributed by atoms with Crippen molar-refractivity contribution in [3.8, 4) is 23.4 Å². The normalized spacial score (nSPS) is 10.3. The van der Waals surface area contributed by atoms with Crippen molar-refractivity contribution < 1.29 is 18.7 Å². The number of carbonyl (C=O) groups is 1. The van der Waals surface area contributed by atoms with Gasteiger partial charge in [-0.25, -0.2) is 9.37 Å². The van der Waals surface area contributed by atoms with Crippen LogP contribution >= 0.6 is 0 Å². The number of nitriles is 1. The summed E-state index contributed by atoms with van der Waals surface area (Å²) in [5.74, 6) is 0.479. The van der Waals surface area contributed by atoms with Crippen LogP contribution in [-0.4, -0.2) is 10.9 Å². The van der Waals surface area contributed by atoms with E-state index in [1.165, 1.54) is 12.1 Å². The molecule has 0 aliphatic heterocycles. The van der Waals surface area contributed by atoms with Gasteiger partial charge in [-0.15, -0.1) is 0 Å². The molecule has 0 bridgehead atoms. The number of ether oxygens (including phenoxy) is 2. The van der Waals surface area contributed by atoms with E-state index in [0.29, 0.717) is 28.3 Å². The molecule has 168 valence electrons. The third-order valence-electron chi connectivity index (χ3n) is 4.99. The number of benzene rings is 3. The van der Waals surface area contributed by atoms with E-state index in [0.717, 1.165) is 11.1 Å². The fourth-order valence-corrected chi connectivity index (χ4v) is 3.22. The van der Waals surface area contributed by atoms with Gasteiger partial charge in [0.25, 0.3) is 5.91 Å². The lowest BCUT2D eigenvalue weighted by Crippen LogP contribution is -2.14. The number of aromatic nitrogens is 1. The third kappa shape index (κ3) is 5.37. The first kappa shape index (κ1) is 22.5. The molecule has 1 N–H and O–H groups in total. The molecule has 1 heterocycles. The maximum absolute atomic E-state index is 13.1. The maximum Gasteiger partial charge on any atom is 0.259 e. The molecule has 0 spiro atoms. The number of nitrogens with one attached hydrogen (secondary N) is 1. The van der Waals surface area contributed by atoms with Crippen molar-refractivity contribution in [3.05, 3.63) is 113 Å². The standard InChI is InChI=1S/C27H20FN3O3/c1-18-15-22(34-27-20(16-29)5-4-14-30-27)12-13-24(18)31-26(32)23-6-2-3-7-25(23)33-17-19-8-10-21(28)11-9-19/h2-15H,17H2,1H3,(H,31,32). The van der Waals surface area contributed by atoms with E-state index in [9.17, 15) is 14.4 Å². The molecule has 0 aliphatic rings. The Labute approximate surface area is 196 Å². The van der Waals surface area contributed by atoms with E-state index in [1.807, 2.05) is 13.0 Å². The minimum atomic E-state index is -0.331. The van der Waals surface area contributed by atoms with E-state index in [2.05, 4.69) is 10.3 Å². The number of pyridine rings is 1. The van der Waals surface area contributed by atoms with E-state index < -0.39 is 0 Å². The first-order valence-corrected chi connectivity index (χ1v) is 10.4. The Hall–Kier alpha value is -4.70. The van der Waals surface area contributed by atoms with Crippen LogP contribution < -0.4 is 14.8 Å². The summed E-state index contributed by atoms with van der Waals surface area (Å²) in [7, 11) is 0. The predicted octanol–water partition coefficient (Wildman–Crippen LogP) is 6.02. The molecule has 4 aromatic rings. The topological polar surface area (TPSA) is 84.2 Å². The number of aryl methyl sites for hydroxylation is 1. The van der Waals surface area contributed by atoms with Crippen molar-refractivity contribution >= 4 is 11.6 Å². The highest BCUT2D eigenvalue weighted by Crippen LogP contribution is 2.28. The second kappa shape index (κ2) is 10.3. The monoisotopic (exact) mass is 453 g/mol. The summed E-state index contributed by atoms with van der Waals surface area (Å²) < 4.78 is 24.7. The van der Waals surface area contributed by atoms with Crippen LogP contribution in [-0.2, 0) is 6.61 Å². The second-order valence-electron chi connectivity index (χ2n) is 7.41. The molecule has 1 aromatic heterocycles. The molecule has 4 rings (SSSR count). The molecule has 0 atom stereocenters. The van der Waals surface area contributed by atoms with Crippen LogP contribution in [0.25, 0.3) is 0 Å². The van der Waals surface area contributed by atoms with Gasteiger partial charge in [0.2, 0.25) is 5.88 Å². The molecule has 0 fully saturated rings. The zero-order chi connectivity index (χ0) is 23.9. The molecule has 0 aliphatic carbocycles. The van der Waals surface area contributed by atoms with Crippen molar-refractivity contribution in [2.75, 3.05) is 5.32 Å². The van der Waals surface area contributed by atoms with Crippen LogP contribution in [0.15, 0.2) is 85.1 Å². The molecule has 7 heteroatoms. The van der Waals surface area contributed by atoms with Crippen molar-refractivity contribution in [1.29, 1.82) is 5.26 Å². The lowest BCUT2D eigenvalue weighted by atomic mass is 10.1. The minimum absolute atomic E-state index is 0.202. The zero-order valence-corrected chi connectivity index (χ0v) is 18.3. The number of rotatable bonds is 7. The highest BCUT2D eigenvalue weighted by Gasteiger charge is 2.14. The number of anilines is 1. The fourth-order valence-electron chi connectivity index (χ4n) is 3.22. The number of hydrogen-bond acceptors (Lipinski definition) is 5. The molecule has 3 aromatic carbocycles. The van der Waals surface area contributed by atoms with Crippen LogP contribution in [0.2, 0.25) is 0 Å². The maximum atomic E-state index is 13.1. The minimum Gasteiger partial charge on any atom is -0.488 e. The van der Waals surface area contributed by atoms with E-state index in [4.69, 9.17) is 9.47 Å². The van der Waals surface area contributed by atoms with Crippen LogP contribution in [0.5, 0.6) is 17.4 Å². The van der Waals surface area contributed by atoms with Gasteiger partial charge in [0.05, 0.1) is 5.56 Å². The van der Waals surface area contributed by atoms with Gasteiger partial charge in [-0.2, -0.15) is 5.26 Å². The van der Waals surface area contributed by atoms with Gasteiger partial charge in [0, 0.05) is 11.9 Å². The average molecular weight is 453 g/mol. The molecule has 0 saturated carbocycles. The Balaban J connectivity index is 1.46. The van der Waals surface area contributed by atoms with Crippen molar-refractivity contribution in [2.24, 2.45) is 0 Å². The summed E-state index contributed by atoms with van der Waals surface area (Å²) in [6, 6.07) is 23.4. The summed E-state index contributed by atoms with van der Waals surface area (Å²) in [6.07, 6.45) is 1.55. The summed E-state index contributed by atoms with van der Waals surface area (Å²) in [5, 5.41) is 12.1. The molecule has 0 unspecified atom stereocenters. The quantitative estimate of drug-likeness (QED) is 0.370. The lowest BCUT2D eigenvalue weighted by molar-refractivity contribution is 0.102. The van der Waals surface area contributed by atoms with Gasteiger partial charge in [-0.3, -0.25) is 4.79 Å². The zero-order valence-electron chi connectivity index (χ0n) is 18.3. The average Bonchev–Trinajstić information content (AvgIpc) is 2.86. The molecular weight excluding hydrogens is 433 g/mol. The largest absolute Gasteiger partial charge is 0.488 e. The molecule has 0 saturated heterocycles. The highest BCUT2D eigenvalue weighted by molar-refractivity contribution is 6.06. The van der Waals surface area contributed by atoms with Crippen LogP contribution in [0.1, 0.15) is 27.0 Å². The summed E-state index contributed by atoms with van der Waals surface area (Å²) in [4.78, 5) is 17.1. The number of para-hydroxylation sites is 1. The van der Waals surface area contributed by atoms with Crippen LogP contribution in [0.3, 0.4) is 0 Å². The molecule has 0 radical (unpaired) electrons. The van der Waals surface area contributed by atoms with Gasteiger partial charge in [0.15, 0.2) is 0 Å².